The molecule has 0 aromatic heterocycles. The van der Waals surface area contributed by atoms with Crippen LogP contribution in [-0.2, 0) is 19.1 Å². The maximum atomic E-state index is 10.6. The van der Waals surface area contributed by atoms with Crippen LogP contribution in [0.25, 0.3) is 0 Å². The average Bonchev–Trinajstić information content (AvgIpc) is 2.62. The molecule has 5 nitrogen and oxygen atoms in total. The van der Waals surface area contributed by atoms with Gasteiger partial charge in [0.05, 0.1) is 6.61 Å². The normalized spacial score (nSPS) is 13.2. The Morgan fingerprint density at radius 2 is 1.82 bits per heavy atom. The largest absolute Gasteiger partial charge is 0.466 e. The third-order valence-electron chi connectivity index (χ3n) is 1.88. The summed E-state index contributed by atoms with van der Waals surface area (Å²) in [6.07, 6.45) is 3.84. The van der Waals surface area contributed by atoms with E-state index in [1.807, 2.05) is 5.32 Å². The number of hydrogen-bond acceptors (Lipinski definition) is 4. The highest BCUT2D eigenvalue weighted by Gasteiger charge is 2.06. The van der Waals surface area contributed by atoms with Crippen molar-refractivity contribution in [3.63, 3.8) is 0 Å². The maximum Gasteiger partial charge on any atom is 0.305 e. The van der Waals surface area contributed by atoms with E-state index in [-0.39, 0.29) is 17.8 Å². The summed E-state index contributed by atoms with van der Waals surface area (Å²) in [5.41, 5.74) is 0. The predicted octanol–water partition coefficient (Wildman–Crippen LogP) is 1.18. The molecule has 0 saturated carbocycles. The first-order valence-corrected chi connectivity index (χ1v) is 5.64. The molecule has 1 N–H and O–H groups in total. The summed E-state index contributed by atoms with van der Waals surface area (Å²) in [7, 11) is 0. The molecule has 1 aliphatic heterocycles. The monoisotopic (exact) mass is 241 g/mol. The SMILES string of the molecule is CCC(=O)OCCC(C)C.O=C1C=CC(=O)N1. The van der Waals surface area contributed by atoms with Crippen LogP contribution in [0.3, 0.4) is 0 Å². The number of imide groups is 1. The highest BCUT2D eigenvalue weighted by Crippen LogP contribution is 1.99. The second kappa shape index (κ2) is 8.50. The van der Waals surface area contributed by atoms with Crippen LogP contribution in [0, 0.1) is 5.92 Å². The zero-order valence-electron chi connectivity index (χ0n) is 10.5. The number of carbonyl (C=O) groups is 3. The second-order valence-corrected chi connectivity index (χ2v) is 3.94. The van der Waals surface area contributed by atoms with E-state index in [9.17, 15) is 14.4 Å². The summed E-state index contributed by atoms with van der Waals surface area (Å²) in [5.74, 6) is -0.139. The number of carbonyl (C=O) groups excluding carboxylic acids is 3. The molecule has 96 valence electrons. The van der Waals surface area contributed by atoms with E-state index < -0.39 is 0 Å². The molecule has 5 heteroatoms. The summed E-state index contributed by atoms with van der Waals surface area (Å²) in [6.45, 7) is 6.60. The molecule has 0 radical (unpaired) electrons. The van der Waals surface area contributed by atoms with Crippen LogP contribution >= 0.6 is 0 Å². The molecular weight excluding hydrogens is 222 g/mol. The topological polar surface area (TPSA) is 72.5 Å². The Balaban J connectivity index is 0.000000318. The Morgan fingerprint density at radius 1 is 1.29 bits per heavy atom. The summed E-state index contributed by atoms with van der Waals surface area (Å²) >= 11 is 0. The molecule has 0 aliphatic carbocycles. The van der Waals surface area contributed by atoms with E-state index in [1.54, 1.807) is 6.92 Å². The maximum absolute atomic E-state index is 10.6. The van der Waals surface area contributed by atoms with Crippen LogP contribution in [0.15, 0.2) is 12.2 Å². The van der Waals surface area contributed by atoms with Gasteiger partial charge in [-0.3, -0.25) is 19.7 Å². The molecule has 17 heavy (non-hydrogen) atoms. The van der Waals surface area contributed by atoms with Crippen molar-refractivity contribution in [2.24, 2.45) is 5.92 Å². The predicted molar refractivity (Wildman–Crippen MR) is 63.0 cm³/mol. The van der Waals surface area contributed by atoms with Gasteiger partial charge in [-0.05, 0) is 12.3 Å². The molecule has 0 fully saturated rings. The van der Waals surface area contributed by atoms with E-state index >= 15 is 0 Å². The van der Waals surface area contributed by atoms with Gasteiger partial charge in [0.25, 0.3) is 11.8 Å². The summed E-state index contributed by atoms with van der Waals surface area (Å²) in [4.78, 5) is 30.6. The van der Waals surface area contributed by atoms with Gasteiger partial charge in [-0.25, -0.2) is 0 Å². The van der Waals surface area contributed by atoms with E-state index in [1.165, 1.54) is 12.2 Å². The highest BCUT2D eigenvalue weighted by molar-refractivity contribution is 6.12. The third kappa shape index (κ3) is 9.29. The second-order valence-electron chi connectivity index (χ2n) is 3.94. The molecule has 1 rings (SSSR count). The minimum absolute atomic E-state index is 0.0966. The van der Waals surface area contributed by atoms with Crippen molar-refractivity contribution in [2.75, 3.05) is 6.61 Å². The van der Waals surface area contributed by atoms with Crippen LogP contribution in [0.2, 0.25) is 0 Å². The van der Waals surface area contributed by atoms with Gasteiger partial charge in [0.2, 0.25) is 0 Å². The summed E-state index contributed by atoms with van der Waals surface area (Å²) in [5, 5.41) is 2.03. The van der Waals surface area contributed by atoms with Crippen molar-refractivity contribution >= 4 is 17.8 Å². The Morgan fingerprint density at radius 3 is 2.12 bits per heavy atom. The first-order chi connectivity index (χ1) is 7.95. The number of amides is 2. The molecule has 0 bridgehead atoms. The Hall–Kier alpha value is -1.65. The van der Waals surface area contributed by atoms with Crippen molar-refractivity contribution in [3.8, 4) is 0 Å². The molecule has 1 heterocycles. The van der Waals surface area contributed by atoms with Crippen LogP contribution in [0.1, 0.15) is 33.6 Å². The number of hydrogen-bond donors (Lipinski definition) is 1. The average molecular weight is 241 g/mol. The van der Waals surface area contributed by atoms with Crippen molar-refractivity contribution < 1.29 is 19.1 Å². The fraction of sp³-hybridized carbons (Fsp3) is 0.583. The standard InChI is InChI=1S/C8H16O2.C4H3NO2/c1-4-8(9)10-6-5-7(2)3;6-3-1-2-4(7)5-3/h7H,4-6H2,1-3H3;1-2H,(H,5,6,7). The summed E-state index contributed by atoms with van der Waals surface area (Å²) < 4.78 is 4.86. The van der Waals surface area contributed by atoms with Gasteiger partial charge in [0.15, 0.2) is 0 Å². The molecule has 0 aromatic rings. The Kier molecular flexibility index (Phi) is 7.67. The third-order valence-corrected chi connectivity index (χ3v) is 1.88. The number of nitrogens with one attached hydrogen (secondary N) is 1. The smallest absolute Gasteiger partial charge is 0.305 e. The summed E-state index contributed by atoms with van der Waals surface area (Å²) in [6, 6.07) is 0. The van der Waals surface area contributed by atoms with E-state index in [0.717, 1.165) is 6.42 Å². The number of ether oxygens (including phenoxy) is 1. The van der Waals surface area contributed by atoms with Gasteiger partial charge in [-0.2, -0.15) is 0 Å². The zero-order valence-corrected chi connectivity index (χ0v) is 10.5. The molecular formula is C12H19NO4. The first kappa shape index (κ1) is 15.3. The minimum Gasteiger partial charge on any atom is -0.466 e. The van der Waals surface area contributed by atoms with Gasteiger partial charge in [0, 0.05) is 18.6 Å². The van der Waals surface area contributed by atoms with Gasteiger partial charge < -0.3 is 4.74 Å². The van der Waals surface area contributed by atoms with Crippen LogP contribution in [-0.4, -0.2) is 24.4 Å². The van der Waals surface area contributed by atoms with Gasteiger partial charge in [0.1, 0.15) is 0 Å². The lowest BCUT2D eigenvalue weighted by Crippen LogP contribution is -2.19. The van der Waals surface area contributed by atoms with Crippen molar-refractivity contribution in [3.05, 3.63) is 12.2 Å². The Labute approximate surface area is 101 Å². The van der Waals surface area contributed by atoms with E-state index in [0.29, 0.717) is 18.9 Å². The quantitative estimate of drug-likeness (QED) is 0.592. The molecule has 0 unspecified atom stereocenters. The van der Waals surface area contributed by atoms with Crippen LogP contribution in [0.5, 0.6) is 0 Å². The van der Waals surface area contributed by atoms with Crippen LogP contribution < -0.4 is 5.32 Å². The number of esters is 1. The minimum atomic E-state index is -0.329. The Bertz CT molecular complexity index is 292. The lowest BCUT2D eigenvalue weighted by molar-refractivity contribution is -0.143. The van der Waals surface area contributed by atoms with Gasteiger partial charge in [-0.1, -0.05) is 20.8 Å². The van der Waals surface area contributed by atoms with Gasteiger partial charge in [-0.15, -0.1) is 0 Å². The number of rotatable bonds is 4. The van der Waals surface area contributed by atoms with Crippen molar-refractivity contribution in [1.82, 2.24) is 5.32 Å². The lowest BCUT2D eigenvalue weighted by Gasteiger charge is -2.04. The molecule has 1 aliphatic rings. The molecule has 0 aromatic carbocycles. The van der Waals surface area contributed by atoms with Crippen LogP contribution in [0.4, 0.5) is 0 Å². The molecule has 0 saturated heterocycles. The van der Waals surface area contributed by atoms with E-state index in [4.69, 9.17) is 4.74 Å². The molecule has 2 amide bonds. The fourth-order valence-corrected chi connectivity index (χ4v) is 0.867. The first-order valence-electron chi connectivity index (χ1n) is 5.64. The zero-order chi connectivity index (χ0) is 13.3. The lowest BCUT2D eigenvalue weighted by atomic mass is 10.1. The molecule has 0 atom stereocenters. The van der Waals surface area contributed by atoms with Crippen molar-refractivity contribution in [2.45, 2.75) is 33.6 Å². The highest BCUT2D eigenvalue weighted by atomic mass is 16.5. The van der Waals surface area contributed by atoms with Gasteiger partial charge >= 0.3 is 5.97 Å². The van der Waals surface area contributed by atoms with E-state index in [2.05, 4.69) is 13.8 Å². The fourth-order valence-electron chi connectivity index (χ4n) is 0.867. The molecule has 0 spiro atoms. The van der Waals surface area contributed by atoms with Crippen molar-refractivity contribution in [1.29, 1.82) is 0 Å².